The molecule has 3 aromatic rings. The number of benzene rings is 2. The van der Waals surface area contributed by atoms with Gasteiger partial charge in [0.2, 0.25) is 0 Å². The van der Waals surface area contributed by atoms with E-state index < -0.39 is 0 Å². The number of halogens is 1. The summed E-state index contributed by atoms with van der Waals surface area (Å²) in [5.41, 5.74) is 5.00. The van der Waals surface area contributed by atoms with Crippen molar-refractivity contribution in [3.8, 4) is 0 Å². The predicted octanol–water partition coefficient (Wildman–Crippen LogP) is 3.70. The second kappa shape index (κ2) is 5.89. The lowest BCUT2D eigenvalue weighted by Gasteiger charge is -2.14. The zero-order chi connectivity index (χ0) is 13.9. The molecule has 102 valence electrons. The molecule has 2 aromatic carbocycles. The first-order valence-corrected chi connectivity index (χ1v) is 7.52. The van der Waals surface area contributed by atoms with E-state index in [4.69, 9.17) is 17.4 Å². The fourth-order valence-electron chi connectivity index (χ4n) is 2.15. The molecule has 0 bridgehead atoms. The van der Waals surface area contributed by atoms with E-state index in [1.165, 1.54) is 4.70 Å². The number of aromatic nitrogens is 1. The van der Waals surface area contributed by atoms with Gasteiger partial charge in [-0.25, -0.2) is 4.98 Å². The van der Waals surface area contributed by atoms with E-state index in [1.807, 2.05) is 42.5 Å². The molecule has 0 spiro atoms. The third-order valence-electron chi connectivity index (χ3n) is 3.19. The SMILES string of the molecule is NNC(Cc1nc2ccccc2s1)c1ccc(Cl)cc1. The van der Waals surface area contributed by atoms with Crippen LogP contribution in [0.25, 0.3) is 10.2 Å². The fourth-order valence-corrected chi connectivity index (χ4v) is 3.29. The molecule has 20 heavy (non-hydrogen) atoms. The Morgan fingerprint density at radius 3 is 2.60 bits per heavy atom. The van der Waals surface area contributed by atoms with Crippen LogP contribution in [0.4, 0.5) is 0 Å². The Hall–Kier alpha value is -1.46. The molecule has 0 aliphatic carbocycles. The van der Waals surface area contributed by atoms with Gasteiger partial charge in [0.15, 0.2) is 0 Å². The predicted molar refractivity (Wildman–Crippen MR) is 84.8 cm³/mol. The number of para-hydroxylation sites is 1. The van der Waals surface area contributed by atoms with E-state index >= 15 is 0 Å². The van der Waals surface area contributed by atoms with Gasteiger partial charge in [-0.3, -0.25) is 11.3 Å². The molecule has 0 saturated carbocycles. The first-order chi connectivity index (χ1) is 9.76. The van der Waals surface area contributed by atoms with E-state index in [9.17, 15) is 0 Å². The first-order valence-electron chi connectivity index (χ1n) is 6.32. The van der Waals surface area contributed by atoms with Crippen LogP contribution >= 0.6 is 22.9 Å². The van der Waals surface area contributed by atoms with Gasteiger partial charge in [0, 0.05) is 11.4 Å². The maximum atomic E-state index is 5.91. The lowest BCUT2D eigenvalue weighted by atomic mass is 10.1. The second-order valence-corrected chi connectivity index (χ2v) is 6.10. The first kappa shape index (κ1) is 13.5. The summed E-state index contributed by atoms with van der Waals surface area (Å²) in [4.78, 5) is 4.64. The standard InChI is InChI=1S/C15H14ClN3S/c16-11-7-5-10(6-8-11)13(19-17)9-15-18-12-3-1-2-4-14(12)20-15/h1-8,13,19H,9,17H2. The maximum absolute atomic E-state index is 5.91. The summed E-state index contributed by atoms with van der Waals surface area (Å²) in [6.07, 6.45) is 0.761. The fraction of sp³-hybridized carbons (Fsp3) is 0.133. The highest BCUT2D eigenvalue weighted by Gasteiger charge is 2.13. The summed E-state index contributed by atoms with van der Waals surface area (Å²) in [6, 6.07) is 15.9. The van der Waals surface area contributed by atoms with Crippen molar-refractivity contribution in [1.82, 2.24) is 10.4 Å². The lowest BCUT2D eigenvalue weighted by molar-refractivity contribution is 0.551. The van der Waals surface area contributed by atoms with Gasteiger partial charge in [-0.05, 0) is 29.8 Å². The minimum atomic E-state index is 0.0350. The average Bonchev–Trinajstić information content (AvgIpc) is 2.88. The van der Waals surface area contributed by atoms with Crippen LogP contribution in [0.5, 0.6) is 0 Å². The number of nitrogens with one attached hydrogen (secondary N) is 1. The molecule has 0 saturated heterocycles. The van der Waals surface area contributed by atoms with Crippen LogP contribution < -0.4 is 11.3 Å². The number of nitrogens with two attached hydrogens (primary N) is 1. The number of fused-ring (bicyclic) bond motifs is 1. The highest BCUT2D eigenvalue weighted by atomic mass is 35.5. The van der Waals surface area contributed by atoms with Crippen molar-refractivity contribution < 1.29 is 0 Å². The quantitative estimate of drug-likeness (QED) is 0.571. The van der Waals surface area contributed by atoms with Crippen LogP contribution in [0.1, 0.15) is 16.6 Å². The summed E-state index contributed by atoms with van der Waals surface area (Å²) in [6.45, 7) is 0. The summed E-state index contributed by atoms with van der Waals surface area (Å²) in [7, 11) is 0. The molecule has 1 heterocycles. The molecule has 0 aliphatic heterocycles. The van der Waals surface area contributed by atoms with Crippen molar-refractivity contribution in [3.63, 3.8) is 0 Å². The Morgan fingerprint density at radius 2 is 1.90 bits per heavy atom. The highest BCUT2D eigenvalue weighted by Crippen LogP contribution is 2.26. The normalized spacial score (nSPS) is 12.7. The number of nitrogens with zero attached hydrogens (tertiary/aromatic N) is 1. The van der Waals surface area contributed by atoms with Gasteiger partial charge in [0.25, 0.3) is 0 Å². The molecule has 1 aromatic heterocycles. The minimum absolute atomic E-state index is 0.0350. The Morgan fingerprint density at radius 1 is 1.15 bits per heavy atom. The van der Waals surface area contributed by atoms with Gasteiger partial charge in [0.1, 0.15) is 0 Å². The number of hydrogen-bond donors (Lipinski definition) is 2. The van der Waals surface area contributed by atoms with E-state index in [0.717, 1.165) is 27.5 Å². The molecule has 0 fully saturated rings. The van der Waals surface area contributed by atoms with Crippen molar-refractivity contribution in [2.24, 2.45) is 5.84 Å². The molecule has 0 aliphatic rings. The van der Waals surface area contributed by atoms with Crippen LogP contribution in [0, 0.1) is 0 Å². The van der Waals surface area contributed by atoms with Gasteiger partial charge in [-0.15, -0.1) is 11.3 Å². The molecule has 3 N–H and O–H groups in total. The third kappa shape index (κ3) is 2.83. The van der Waals surface area contributed by atoms with Crippen LogP contribution in [0.3, 0.4) is 0 Å². The minimum Gasteiger partial charge on any atom is -0.271 e. The molecular formula is C15H14ClN3S. The number of hydrogen-bond acceptors (Lipinski definition) is 4. The zero-order valence-corrected chi connectivity index (χ0v) is 12.3. The van der Waals surface area contributed by atoms with E-state index in [-0.39, 0.29) is 6.04 Å². The van der Waals surface area contributed by atoms with Gasteiger partial charge in [-0.1, -0.05) is 35.9 Å². The maximum Gasteiger partial charge on any atom is 0.0958 e. The summed E-state index contributed by atoms with van der Waals surface area (Å²) < 4.78 is 1.20. The van der Waals surface area contributed by atoms with Gasteiger partial charge in [0.05, 0.1) is 21.3 Å². The average molecular weight is 304 g/mol. The molecule has 0 amide bonds. The molecule has 1 atom stereocenters. The van der Waals surface area contributed by atoms with Crippen LogP contribution in [-0.4, -0.2) is 4.98 Å². The van der Waals surface area contributed by atoms with E-state index in [0.29, 0.717) is 0 Å². The monoisotopic (exact) mass is 303 g/mol. The van der Waals surface area contributed by atoms with Gasteiger partial charge in [-0.2, -0.15) is 0 Å². The molecule has 1 unspecified atom stereocenters. The molecule has 0 radical (unpaired) electrons. The Kier molecular flexibility index (Phi) is 3.98. The third-order valence-corrected chi connectivity index (χ3v) is 4.50. The van der Waals surface area contributed by atoms with Crippen molar-refractivity contribution in [2.75, 3.05) is 0 Å². The van der Waals surface area contributed by atoms with Crippen molar-refractivity contribution in [2.45, 2.75) is 12.5 Å². The van der Waals surface area contributed by atoms with Crippen LogP contribution in [-0.2, 0) is 6.42 Å². The Balaban J connectivity index is 1.85. The molecule has 3 rings (SSSR count). The van der Waals surface area contributed by atoms with Gasteiger partial charge < -0.3 is 0 Å². The second-order valence-electron chi connectivity index (χ2n) is 4.55. The molecular weight excluding hydrogens is 290 g/mol. The number of thiazole rings is 1. The Labute approximate surface area is 126 Å². The summed E-state index contributed by atoms with van der Waals surface area (Å²) >= 11 is 7.62. The largest absolute Gasteiger partial charge is 0.271 e. The van der Waals surface area contributed by atoms with Crippen molar-refractivity contribution in [3.05, 3.63) is 64.1 Å². The van der Waals surface area contributed by atoms with Crippen molar-refractivity contribution in [1.29, 1.82) is 0 Å². The smallest absolute Gasteiger partial charge is 0.0958 e. The summed E-state index contributed by atoms with van der Waals surface area (Å²) in [5.74, 6) is 5.68. The lowest BCUT2D eigenvalue weighted by Crippen LogP contribution is -2.29. The van der Waals surface area contributed by atoms with Crippen LogP contribution in [0.15, 0.2) is 48.5 Å². The molecule has 3 nitrogen and oxygen atoms in total. The molecule has 5 heteroatoms. The summed E-state index contributed by atoms with van der Waals surface area (Å²) in [5, 5.41) is 1.80. The van der Waals surface area contributed by atoms with Crippen LogP contribution in [0.2, 0.25) is 5.02 Å². The van der Waals surface area contributed by atoms with E-state index in [1.54, 1.807) is 11.3 Å². The van der Waals surface area contributed by atoms with E-state index in [2.05, 4.69) is 16.5 Å². The Bertz CT molecular complexity index is 675. The van der Waals surface area contributed by atoms with Gasteiger partial charge >= 0.3 is 0 Å². The topological polar surface area (TPSA) is 50.9 Å². The zero-order valence-electron chi connectivity index (χ0n) is 10.7. The highest BCUT2D eigenvalue weighted by molar-refractivity contribution is 7.18. The number of hydrazine groups is 1. The van der Waals surface area contributed by atoms with Crippen molar-refractivity contribution >= 4 is 33.2 Å². The number of rotatable bonds is 4.